The van der Waals surface area contributed by atoms with E-state index in [0.29, 0.717) is 42.4 Å². The summed E-state index contributed by atoms with van der Waals surface area (Å²) in [6.45, 7) is 2.21. The van der Waals surface area contributed by atoms with Gasteiger partial charge >= 0.3 is 0 Å². The van der Waals surface area contributed by atoms with Crippen LogP contribution in [0.15, 0.2) is 34.9 Å². The molecule has 1 saturated carbocycles. The highest BCUT2D eigenvalue weighted by Crippen LogP contribution is 2.46. The number of aromatic nitrogens is 1. The number of carbonyl (C=O) groups is 2. The first-order valence-corrected chi connectivity index (χ1v) is 8.15. The fourth-order valence-electron chi connectivity index (χ4n) is 2.48. The zero-order valence-electron chi connectivity index (χ0n) is 13.3. The summed E-state index contributed by atoms with van der Waals surface area (Å²) >= 11 is 5.84. The number of amides is 2. The molecule has 0 radical (unpaired) electrons. The minimum atomic E-state index is -0.979. The first-order chi connectivity index (χ1) is 11.5. The van der Waals surface area contributed by atoms with Crippen molar-refractivity contribution in [2.75, 3.05) is 11.9 Å². The third kappa shape index (κ3) is 3.59. The Morgan fingerprint density at radius 3 is 2.54 bits per heavy atom. The molecule has 0 atom stereocenters. The van der Waals surface area contributed by atoms with Crippen LogP contribution in [-0.2, 0) is 16.0 Å². The van der Waals surface area contributed by atoms with Crippen molar-refractivity contribution in [2.45, 2.75) is 26.2 Å². The molecule has 1 fully saturated rings. The van der Waals surface area contributed by atoms with Crippen molar-refractivity contribution >= 4 is 29.2 Å². The normalized spacial score (nSPS) is 14.9. The number of nitrogens with one attached hydrogen (secondary N) is 2. The molecule has 6 nitrogen and oxygen atoms in total. The smallest absolute Gasteiger partial charge is 0.241 e. The predicted octanol–water partition coefficient (Wildman–Crippen LogP) is 2.71. The van der Waals surface area contributed by atoms with E-state index in [1.807, 2.05) is 24.3 Å². The number of aryl methyl sites for hydroxylation is 1. The van der Waals surface area contributed by atoms with Crippen LogP contribution in [0.25, 0.3) is 0 Å². The highest BCUT2D eigenvalue weighted by molar-refractivity contribution is 6.30. The molecule has 2 amide bonds. The Hall–Kier alpha value is -2.34. The zero-order valence-corrected chi connectivity index (χ0v) is 14.0. The molecule has 1 aromatic heterocycles. The Balaban J connectivity index is 1.52. The Morgan fingerprint density at radius 2 is 1.96 bits per heavy atom. The van der Waals surface area contributed by atoms with Crippen LogP contribution in [-0.4, -0.2) is 23.5 Å². The Kier molecular flexibility index (Phi) is 4.57. The van der Waals surface area contributed by atoms with E-state index in [9.17, 15) is 9.59 Å². The largest absolute Gasteiger partial charge is 0.360 e. The summed E-state index contributed by atoms with van der Waals surface area (Å²) in [6.07, 6.45) is 1.77. The molecular weight excluding hydrogens is 330 g/mol. The van der Waals surface area contributed by atoms with Gasteiger partial charge in [0.15, 0.2) is 5.82 Å². The lowest BCUT2D eigenvalue weighted by Gasteiger charge is -2.14. The number of anilines is 1. The molecule has 1 aliphatic carbocycles. The van der Waals surface area contributed by atoms with Gasteiger partial charge in [-0.2, -0.15) is 0 Å². The van der Waals surface area contributed by atoms with Gasteiger partial charge in [-0.3, -0.25) is 9.59 Å². The van der Waals surface area contributed by atoms with Crippen molar-refractivity contribution in [3.63, 3.8) is 0 Å². The molecule has 1 heterocycles. The molecule has 0 bridgehead atoms. The lowest BCUT2D eigenvalue weighted by Crippen LogP contribution is -2.40. The summed E-state index contributed by atoms with van der Waals surface area (Å²) in [4.78, 5) is 24.7. The number of rotatable bonds is 6. The monoisotopic (exact) mass is 347 g/mol. The van der Waals surface area contributed by atoms with Gasteiger partial charge in [0.1, 0.15) is 11.2 Å². The van der Waals surface area contributed by atoms with Crippen molar-refractivity contribution in [1.29, 1.82) is 0 Å². The van der Waals surface area contributed by atoms with Crippen LogP contribution in [0.5, 0.6) is 0 Å². The lowest BCUT2D eigenvalue weighted by molar-refractivity contribution is -0.134. The third-order valence-electron chi connectivity index (χ3n) is 4.10. The second-order valence-corrected chi connectivity index (χ2v) is 6.43. The molecule has 2 N–H and O–H groups in total. The van der Waals surface area contributed by atoms with Gasteiger partial charge in [-0.05, 0) is 43.9 Å². The number of halogens is 1. The maximum absolute atomic E-state index is 12.4. The minimum Gasteiger partial charge on any atom is -0.360 e. The van der Waals surface area contributed by atoms with Crippen LogP contribution in [0.1, 0.15) is 24.2 Å². The van der Waals surface area contributed by atoms with Gasteiger partial charge in [-0.15, -0.1) is 0 Å². The van der Waals surface area contributed by atoms with Crippen LogP contribution >= 0.6 is 11.6 Å². The van der Waals surface area contributed by atoms with Crippen LogP contribution in [0, 0.1) is 12.3 Å². The fourth-order valence-corrected chi connectivity index (χ4v) is 2.61. The van der Waals surface area contributed by atoms with Crippen molar-refractivity contribution in [3.05, 3.63) is 46.7 Å². The van der Waals surface area contributed by atoms with Gasteiger partial charge in [0.25, 0.3) is 0 Å². The van der Waals surface area contributed by atoms with Gasteiger partial charge in [-0.1, -0.05) is 28.9 Å². The fraction of sp³-hybridized carbons (Fsp3) is 0.353. The summed E-state index contributed by atoms with van der Waals surface area (Å²) in [5.74, 6) is 0.356. The van der Waals surface area contributed by atoms with E-state index >= 15 is 0 Å². The highest BCUT2D eigenvalue weighted by Gasteiger charge is 2.56. The summed E-state index contributed by atoms with van der Waals surface area (Å²) in [5, 5.41) is 9.88. The SMILES string of the molecule is Cc1cc(NC(=O)C2(C(=O)NCCc3ccc(Cl)cc3)CC2)no1. The average Bonchev–Trinajstić information content (AvgIpc) is 3.28. The van der Waals surface area contributed by atoms with Gasteiger partial charge < -0.3 is 15.2 Å². The van der Waals surface area contributed by atoms with Crippen molar-refractivity contribution in [1.82, 2.24) is 10.5 Å². The molecule has 126 valence electrons. The van der Waals surface area contributed by atoms with Crippen molar-refractivity contribution in [3.8, 4) is 0 Å². The molecule has 1 aliphatic rings. The van der Waals surface area contributed by atoms with Crippen LogP contribution in [0.3, 0.4) is 0 Å². The molecule has 0 unspecified atom stereocenters. The Labute approximate surface area is 144 Å². The molecule has 24 heavy (non-hydrogen) atoms. The summed E-state index contributed by atoms with van der Waals surface area (Å²) < 4.78 is 4.91. The molecule has 0 saturated heterocycles. The van der Waals surface area contributed by atoms with E-state index in [1.54, 1.807) is 13.0 Å². The summed E-state index contributed by atoms with van der Waals surface area (Å²) in [5.41, 5.74) is 0.0967. The second-order valence-electron chi connectivity index (χ2n) is 5.99. The molecule has 1 aromatic carbocycles. The zero-order chi connectivity index (χ0) is 17.2. The standard InChI is InChI=1S/C17H18ClN3O3/c1-11-10-14(21-24-11)20-16(23)17(7-8-17)15(22)19-9-6-12-2-4-13(18)5-3-12/h2-5,10H,6-9H2,1H3,(H,19,22)(H,20,21,23). The Bertz CT molecular complexity index is 751. The summed E-state index contributed by atoms with van der Waals surface area (Å²) in [6, 6.07) is 9.08. The topological polar surface area (TPSA) is 84.2 Å². The van der Waals surface area contributed by atoms with E-state index in [1.165, 1.54) is 0 Å². The van der Waals surface area contributed by atoms with E-state index in [4.69, 9.17) is 16.1 Å². The first-order valence-electron chi connectivity index (χ1n) is 7.77. The molecule has 2 aromatic rings. The van der Waals surface area contributed by atoms with Gasteiger partial charge in [0, 0.05) is 17.6 Å². The number of hydrogen-bond donors (Lipinski definition) is 2. The van der Waals surface area contributed by atoms with Gasteiger partial charge in [0.2, 0.25) is 11.8 Å². The number of nitrogens with zero attached hydrogens (tertiary/aromatic N) is 1. The molecular formula is C17H18ClN3O3. The van der Waals surface area contributed by atoms with Gasteiger partial charge in [0.05, 0.1) is 0 Å². The van der Waals surface area contributed by atoms with Gasteiger partial charge in [-0.25, -0.2) is 0 Å². The van der Waals surface area contributed by atoms with E-state index in [0.717, 1.165) is 5.56 Å². The summed E-state index contributed by atoms with van der Waals surface area (Å²) in [7, 11) is 0. The molecule has 3 rings (SSSR count). The van der Waals surface area contributed by atoms with E-state index < -0.39 is 5.41 Å². The third-order valence-corrected chi connectivity index (χ3v) is 4.35. The molecule has 0 spiro atoms. The highest BCUT2D eigenvalue weighted by atomic mass is 35.5. The van der Waals surface area contributed by atoms with E-state index in [-0.39, 0.29) is 11.8 Å². The number of hydrogen-bond acceptors (Lipinski definition) is 4. The molecule has 0 aliphatic heterocycles. The maximum Gasteiger partial charge on any atom is 0.241 e. The minimum absolute atomic E-state index is 0.241. The van der Waals surface area contributed by atoms with Crippen LogP contribution < -0.4 is 10.6 Å². The average molecular weight is 348 g/mol. The first kappa shape index (κ1) is 16.5. The van der Waals surface area contributed by atoms with Crippen LogP contribution in [0.4, 0.5) is 5.82 Å². The van der Waals surface area contributed by atoms with Crippen LogP contribution in [0.2, 0.25) is 5.02 Å². The van der Waals surface area contributed by atoms with E-state index in [2.05, 4.69) is 15.8 Å². The van der Waals surface area contributed by atoms with Crippen molar-refractivity contribution < 1.29 is 14.1 Å². The predicted molar refractivity (Wildman–Crippen MR) is 89.7 cm³/mol. The number of carbonyl (C=O) groups excluding carboxylic acids is 2. The second kappa shape index (κ2) is 6.65. The van der Waals surface area contributed by atoms with Crippen molar-refractivity contribution in [2.24, 2.45) is 5.41 Å². The maximum atomic E-state index is 12.4. The number of benzene rings is 1. The lowest BCUT2D eigenvalue weighted by atomic mass is 10.0. The quantitative estimate of drug-likeness (QED) is 0.787. The molecule has 7 heteroatoms. The Morgan fingerprint density at radius 1 is 1.25 bits per heavy atom.